The number of hydrogen-bond donors (Lipinski definition) is 1. The van der Waals surface area contributed by atoms with Gasteiger partial charge >= 0.3 is 0 Å². The van der Waals surface area contributed by atoms with Crippen molar-refractivity contribution in [3.05, 3.63) is 90.0 Å². The van der Waals surface area contributed by atoms with Crippen LogP contribution in [0.3, 0.4) is 0 Å². The number of anilines is 1. The highest BCUT2D eigenvalue weighted by Gasteiger charge is 2.39. The summed E-state index contributed by atoms with van der Waals surface area (Å²) < 4.78 is 57.3. The maximum atomic E-state index is 14.4. The van der Waals surface area contributed by atoms with E-state index in [4.69, 9.17) is 4.74 Å². The second-order valence-corrected chi connectivity index (χ2v) is 10.7. The lowest BCUT2D eigenvalue weighted by Gasteiger charge is -2.29. The van der Waals surface area contributed by atoms with Crippen LogP contribution >= 0.6 is 11.3 Å². The minimum atomic E-state index is -3.49. The van der Waals surface area contributed by atoms with E-state index in [2.05, 4.69) is 15.5 Å². The standard InChI is InChI=1S/C24H19F2N3O4S2/c1-24(33-20-13-10-17(25)14-19(20)26,16-8-11-18(12-9-16)35(2,31)32)22(30)27-23-29-28-21(34-23)15-6-4-3-5-7-15/h3-14H,1-2H3,(H,27,29,30). The Hall–Kier alpha value is -3.70. The van der Waals surface area contributed by atoms with Crippen molar-refractivity contribution < 1.29 is 26.7 Å². The van der Waals surface area contributed by atoms with Gasteiger partial charge in [-0.05, 0) is 31.2 Å². The van der Waals surface area contributed by atoms with Gasteiger partial charge in [-0.1, -0.05) is 53.8 Å². The second kappa shape index (κ2) is 9.51. The number of aromatic nitrogens is 2. The molecule has 11 heteroatoms. The number of hydrogen-bond acceptors (Lipinski definition) is 7. The maximum absolute atomic E-state index is 14.4. The molecule has 1 heterocycles. The molecule has 7 nitrogen and oxygen atoms in total. The van der Waals surface area contributed by atoms with Crippen LogP contribution in [-0.4, -0.2) is 30.8 Å². The van der Waals surface area contributed by atoms with Crippen molar-refractivity contribution in [2.75, 3.05) is 11.6 Å². The SMILES string of the molecule is CC(Oc1ccc(F)cc1F)(C(=O)Nc1nnc(-c2ccccc2)s1)c1ccc(S(C)(=O)=O)cc1. The van der Waals surface area contributed by atoms with Crippen molar-refractivity contribution in [2.45, 2.75) is 17.4 Å². The first-order valence-electron chi connectivity index (χ1n) is 10.2. The molecule has 3 aromatic carbocycles. The Bertz CT molecular complexity index is 1480. The highest BCUT2D eigenvalue weighted by atomic mass is 32.2. The highest BCUT2D eigenvalue weighted by Crippen LogP contribution is 2.33. The topological polar surface area (TPSA) is 98.2 Å². The molecule has 0 radical (unpaired) electrons. The number of carbonyl (C=O) groups excluding carboxylic acids is 1. The molecular weight excluding hydrogens is 496 g/mol. The molecule has 1 amide bonds. The van der Waals surface area contributed by atoms with E-state index in [-0.39, 0.29) is 21.3 Å². The van der Waals surface area contributed by atoms with Crippen molar-refractivity contribution in [3.63, 3.8) is 0 Å². The van der Waals surface area contributed by atoms with Gasteiger partial charge in [0.05, 0.1) is 4.90 Å². The minimum Gasteiger partial charge on any atom is -0.470 e. The van der Waals surface area contributed by atoms with Crippen LogP contribution in [-0.2, 0) is 20.2 Å². The van der Waals surface area contributed by atoms with Gasteiger partial charge in [0.1, 0.15) is 10.8 Å². The Kier molecular flexibility index (Phi) is 6.64. The molecule has 35 heavy (non-hydrogen) atoms. The van der Waals surface area contributed by atoms with Crippen molar-refractivity contribution in [3.8, 4) is 16.3 Å². The lowest BCUT2D eigenvalue weighted by molar-refractivity contribution is -0.130. The molecule has 0 spiro atoms. The van der Waals surface area contributed by atoms with E-state index in [0.29, 0.717) is 11.1 Å². The number of ether oxygens (including phenoxy) is 1. The zero-order valence-corrected chi connectivity index (χ0v) is 20.2. The van der Waals surface area contributed by atoms with Crippen LogP contribution in [0.5, 0.6) is 5.75 Å². The van der Waals surface area contributed by atoms with Crippen LogP contribution in [0.4, 0.5) is 13.9 Å². The van der Waals surface area contributed by atoms with Crippen LogP contribution in [0.25, 0.3) is 10.6 Å². The van der Waals surface area contributed by atoms with E-state index in [9.17, 15) is 22.0 Å². The van der Waals surface area contributed by atoms with E-state index in [1.165, 1.54) is 31.2 Å². The van der Waals surface area contributed by atoms with Crippen LogP contribution in [0.2, 0.25) is 0 Å². The Morgan fingerprint density at radius 3 is 2.31 bits per heavy atom. The lowest BCUT2D eigenvalue weighted by Crippen LogP contribution is -2.43. The van der Waals surface area contributed by atoms with Gasteiger partial charge in [0.15, 0.2) is 21.4 Å². The van der Waals surface area contributed by atoms with E-state index < -0.39 is 33.0 Å². The summed E-state index contributed by atoms with van der Waals surface area (Å²) in [6.07, 6.45) is 1.05. The van der Waals surface area contributed by atoms with Crippen molar-refractivity contribution in [1.29, 1.82) is 0 Å². The van der Waals surface area contributed by atoms with Gasteiger partial charge in [0.2, 0.25) is 10.7 Å². The summed E-state index contributed by atoms with van der Waals surface area (Å²) in [5.41, 5.74) is -0.791. The number of benzene rings is 3. The molecule has 1 unspecified atom stereocenters. The quantitative estimate of drug-likeness (QED) is 0.379. The fourth-order valence-electron chi connectivity index (χ4n) is 3.22. The number of sulfone groups is 1. The fourth-order valence-corrected chi connectivity index (χ4v) is 4.60. The summed E-state index contributed by atoms with van der Waals surface area (Å²) in [7, 11) is -3.49. The van der Waals surface area contributed by atoms with Crippen LogP contribution in [0.1, 0.15) is 12.5 Å². The normalized spacial score (nSPS) is 13.1. The zero-order chi connectivity index (χ0) is 25.2. The first-order valence-corrected chi connectivity index (χ1v) is 12.9. The molecule has 1 atom stereocenters. The Balaban J connectivity index is 1.69. The molecule has 0 bridgehead atoms. The Morgan fingerprint density at radius 1 is 1.00 bits per heavy atom. The molecule has 0 aliphatic carbocycles. The van der Waals surface area contributed by atoms with Gasteiger partial charge in [-0.2, -0.15) is 0 Å². The molecule has 1 aromatic heterocycles. The monoisotopic (exact) mass is 515 g/mol. The largest absolute Gasteiger partial charge is 0.470 e. The predicted octanol–water partition coefficient (Wildman–Crippen LogP) is 4.82. The number of amides is 1. The molecule has 1 N–H and O–H groups in total. The summed E-state index contributed by atoms with van der Waals surface area (Å²) in [4.78, 5) is 13.5. The molecule has 4 rings (SSSR count). The predicted molar refractivity (Wildman–Crippen MR) is 128 cm³/mol. The fraction of sp³-hybridized carbons (Fsp3) is 0.125. The minimum absolute atomic E-state index is 0.0357. The van der Waals surface area contributed by atoms with Gasteiger partial charge in [0.25, 0.3) is 5.91 Å². The van der Waals surface area contributed by atoms with E-state index in [0.717, 1.165) is 35.3 Å². The summed E-state index contributed by atoms with van der Waals surface area (Å²) in [5, 5.41) is 11.5. The maximum Gasteiger partial charge on any atom is 0.274 e. The third kappa shape index (κ3) is 5.36. The molecule has 0 aliphatic rings. The van der Waals surface area contributed by atoms with E-state index >= 15 is 0 Å². The van der Waals surface area contributed by atoms with Crippen LogP contribution in [0.15, 0.2) is 77.7 Å². The van der Waals surface area contributed by atoms with Crippen molar-refractivity contribution >= 4 is 32.2 Å². The van der Waals surface area contributed by atoms with Gasteiger partial charge in [0, 0.05) is 23.4 Å². The average molecular weight is 516 g/mol. The first kappa shape index (κ1) is 24.4. The number of carbonyl (C=O) groups is 1. The molecule has 0 saturated carbocycles. The summed E-state index contributed by atoms with van der Waals surface area (Å²) >= 11 is 1.13. The Morgan fingerprint density at radius 2 is 1.69 bits per heavy atom. The van der Waals surface area contributed by atoms with Crippen LogP contribution in [0, 0.1) is 11.6 Å². The van der Waals surface area contributed by atoms with Crippen molar-refractivity contribution in [2.24, 2.45) is 0 Å². The molecule has 4 aromatic rings. The molecule has 0 fully saturated rings. The number of rotatable bonds is 7. The zero-order valence-electron chi connectivity index (χ0n) is 18.5. The van der Waals surface area contributed by atoms with Gasteiger partial charge in [-0.3, -0.25) is 10.1 Å². The summed E-state index contributed by atoms with van der Waals surface area (Å²) in [6.45, 7) is 1.39. The highest BCUT2D eigenvalue weighted by molar-refractivity contribution is 7.90. The lowest BCUT2D eigenvalue weighted by atomic mass is 9.94. The molecule has 180 valence electrons. The Labute approximate surface area is 204 Å². The number of halogens is 2. The smallest absolute Gasteiger partial charge is 0.274 e. The number of nitrogens with zero attached hydrogens (tertiary/aromatic N) is 2. The second-order valence-electron chi connectivity index (χ2n) is 7.74. The molecular formula is C24H19F2N3O4S2. The summed E-state index contributed by atoms with van der Waals surface area (Å²) in [5.74, 6) is -2.89. The van der Waals surface area contributed by atoms with Gasteiger partial charge in [-0.25, -0.2) is 17.2 Å². The van der Waals surface area contributed by atoms with E-state index in [1.807, 2.05) is 30.3 Å². The molecule has 0 aliphatic heterocycles. The number of nitrogens with one attached hydrogen (secondary N) is 1. The van der Waals surface area contributed by atoms with Crippen LogP contribution < -0.4 is 10.1 Å². The molecule has 0 saturated heterocycles. The van der Waals surface area contributed by atoms with Gasteiger partial charge < -0.3 is 4.74 Å². The third-order valence-corrected chi connectivity index (χ3v) is 7.16. The third-order valence-electron chi connectivity index (χ3n) is 5.14. The van der Waals surface area contributed by atoms with Crippen molar-refractivity contribution in [1.82, 2.24) is 10.2 Å². The van der Waals surface area contributed by atoms with E-state index in [1.54, 1.807) is 0 Å². The summed E-state index contributed by atoms with van der Waals surface area (Å²) in [6, 6.07) is 17.4. The van der Waals surface area contributed by atoms with Gasteiger partial charge in [-0.15, -0.1) is 10.2 Å². The average Bonchev–Trinajstić information content (AvgIpc) is 3.29. The first-order chi connectivity index (χ1) is 16.6.